The molecular formula is C27H35N3O5. The molecule has 0 bridgehead atoms. The van der Waals surface area contributed by atoms with Gasteiger partial charge in [-0.1, -0.05) is 30.3 Å². The first-order chi connectivity index (χ1) is 16.7. The van der Waals surface area contributed by atoms with Gasteiger partial charge in [0, 0.05) is 25.7 Å². The smallest absolute Gasteiger partial charge is 0.408 e. The zero-order valence-electron chi connectivity index (χ0n) is 21.2. The first kappa shape index (κ1) is 24.9. The number of carbonyl (C=O) groups is 2. The van der Waals surface area contributed by atoms with E-state index < -0.39 is 11.7 Å². The third-order valence-corrected chi connectivity index (χ3v) is 6.51. The predicted molar refractivity (Wildman–Crippen MR) is 133 cm³/mol. The van der Waals surface area contributed by atoms with Crippen molar-refractivity contribution in [2.45, 2.75) is 44.9 Å². The van der Waals surface area contributed by atoms with E-state index in [1.165, 1.54) is 16.7 Å². The number of carbonyl (C=O) groups excluding carboxylic acids is 2. The number of nitrogens with zero attached hydrogens (tertiary/aromatic N) is 2. The van der Waals surface area contributed by atoms with Gasteiger partial charge in [-0.2, -0.15) is 0 Å². The monoisotopic (exact) mass is 481 g/mol. The molecular weight excluding hydrogens is 446 g/mol. The van der Waals surface area contributed by atoms with Crippen LogP contribution in [0.2, 0.25) is 0 Å². The minimum absolute atomic E-state index is 0.0573. The first-order valence-corrected chi connectivity index (χ1v) is 12.0. The molecule has 0 saturated carbocycles. The van der Waals surface area contributed by atoms with Gasteiger partial charge in [0.15, 0.2) is 11.5 Å². The van der Waals surface area contributed by atoms with Crippen LogP contribution in [0.3, 0.4) is 0 Å². The lowest BCUT2D eigenvalue weighted by atomic mass is 9.83. The lowest BCUT2D eigenvalue weighted by Crippen LogP contribution is -2.59. The average molecular weight is 482 g/mol. The van der Waals surface area contributed by atoms with E-state index in [-0.39, 0.29) is 24.5 Å². The number of nitrogens with one attached hydrogen (secondary N) is 1. The number of benzene rings is 2. The maximum atomic E-state index is 12.9. The summed E-state index contributed by atoms with van der Waals surface area (Å²) in [7, 11) is 3.30. The topological polar surface area (TPSA) is 80.3 Å². The number of fused-ring (bicyclic) bond motifs is 2. The number of hydrogen-bond acceptors (Lipinski definition) is 6. The maximum Gasteiger partial charge on any atom is 0.408 e. The Morgan fingerprint density at radius 3 is 2.37 bits per heavy atom. The minimum atomic E-state index is -0.607. The second-order valence-electron chi connectivity index (χ2n) is 10.0. The fourth-order valence-electron chi connectivity index (χ4n) is 5.00. The summed E-state index contributed by atoms with van der Waals surface area (Å²) >= 11 is 0. The highest BCUT2D eigenvalue weighted by Crippen LogP contribution is 2.43. The summed E-state index contributed by atoms with van der Waals surface area (Å²) in [6.45, 7) is 7.22. The standard InChI is InChI=1S/C27H35N3O5/c1-27(2,3)35-26(32)28-16-24(31)29-11-12-30-20(17-29)13-19-14-22(33-4)23(34-5)15-21(19)25(30)18-9-7-6-8-10-18/h6-10,14-15,20,25H,11-13,16-17H2,1-5H3,(H,28,32). The second-order valence-corrected chi connectivity index (χ2v) is 10.0. The number of piperazine rings is 1. The van der Waals surface area contributed by atoms with Crippen LogP contribution in [0.1, 0.15) is 43.5 Å². The normalized spacial score (nSPS) is 19.9. The van der Waals surface area contributed by atoms with Crippen molar-refractivity contribution in [1.29, 1.82) is 0 Å². The molecule has 0 aliphatic carbocycles. The van der Waals surface area contributed by atoms with Crippen molar-refractivity contribution in [3.8, 4) is 11.5 Å². The van der Waals surface area contributed by atoms with Gasteiger partial charge in [0.05, 0.1) is 20.3 Å². The molecule has 2 aromatic carbocycles. The quantitative estimate of drug-likeness (QED) is 0.705. The molecule has 1 N–H and O–H groups in total. The summed E-state index contributed by atoms with van der Waals surface area (Å²) in [5.41, 5.74) is 3.00. The molecule has 1 saturated heterocycles. The number of methoxy groups -OCH3 is 2. The fourth-order valence-corrected chi connectivity index (χ4v) is 5.00. The van der Waals surface area contributed by atoms with Crippen molar-refractivity contribution >= 4 is 12.0 Å². The summed E-state index contributed by atoms with van der Waals surface area (Å²) in [4.78, 5) is 29.2. The van der Waals surface area contributed by atoms with Crippen LogP contribution >= 0.6 is 0 Å². The zero-order chi connectivity index (χ0) is 25.2. The summed E-state index contributed by atoms with van der Waals surface area (Å²) in [5, 5.41) is 2.59. The molecule has 2 amide bonds. The summed E-state index contributed by atoms with van der Waals surface area (Å²) in [5.74, 6) is 1.31. The molecule has 2 heterocycles. The Bertz CT molecular complexity index is 1070. The average Bonchev–Trinajstić information content (AvgIpc) is 2.84. The Morgan fingerprint density at radius 2 is 1.71 bits per heavy atom. The number of rotatable bonds is 5. The lowest BCUT2D eigenvalue weighted by molar-refractivity contribution is -0.133. The number of ether oxygens (including phenoxy) is 3. The molecule has 8 nitrogen and oxygen atoms in total. The van der Waals surface area contributed by atoms with Crippen LogP contribution in [0, 0.1) is 0 Å². The zero-order valence-corrected chi connectivity index (χ0v) is 21.2. The molecule has 0 spiro atoms. The van der Waals surface area contributed by atoms with Gasteiger partial charge in [-0.25, -0.2) is 4.79 Å². The van der Waals surface area contributed by atoms with Crippen LogP contribution in [0.15, 0.2) is 42.5 Å². The van der Waals surface area contributed by atoms with Crippen molar-refractivity contribution in [2.75, 3.05) is 40.4 Å². The Morgan fingerprint density at radius 1 is 1.03 bits per heavy atom. The van der Waals surface area contributed by atoms with E-state index in [9.17, 15) is 9.59 Å². The van der Waals surface area contributed by atoms with Crippen molar-refractivity contribution < 1.29 is 23.8 Å². The predicted octanol–water partition coefficient (Wildman–Crippen LogP) is 3.39. The highest BCUT2D eigenvalue weighted by atomic mass is 16.6. The molecule has 2 aliphatic rings. The summed E-state index contributed by atoms with van der Waals surface area (Å²) in [6, 6.07) is 14.8. The summed E-state index contributed by atoms with van der Waals surface area (Å²) in [6.07, 6.45) is 0.212. The van der Waals surface area contributed by atoms with Gasteiger partial charge in [0.25, 0.3) is 0 Å². The van der Waals surface area contributed by atoms with E-state index in [1.807, 2.05) is 11.0 Å². The van der Waals surface area contributed by atoms with Gasteiger partial charge in [-0.05, 0) is 56.0 Å². The first-order valence-electron chi connectivity index (χ1n) is 12.0. The van der Waals surface area contributed by atoms with Crippen LogP contribution in [0.5, 0.6) is 11.5 Å². The van der Waals surface area contributed by atoms with Crippen molar-refractivity contribution in [2.24, 2.45) is 0 Å². The molecule has 2 unspecified atom stereocenters. The van der Waals surface area contributed by atoms with Gasteiger partial charge >= 0.3 is 6.09 Å². The van der Waals surface area contributed by atoms with Crippen LogP contribution in [0.25, 0.3) is 0 Å². The number of amides is 2. The largest absolute Gasteiger partial charge is 0.493 e. The van der Waals surface area contributed by atoms with Gasteiger partial charge < -0.3 is 24.4 Å². The lowest BCUT2D eigenvalue weighted by Gasteiger charge is -2.49. The number of alkyl carbamates (subject to hydrolysis) is 1. The maximum absolute atomic E-state index is 12.9. The molecule has 2 aliphatic heterocycles. The molecule has 2 aromatic rings. The highest BCUT2D eigenvalue weighted by Gasteiger charge is 2.40. The van der Waals surface area contributed by atoms with Crippen molar-refractivity contribution in [3.63, 3.8) is 0 Å². The summed E-state index contributed by atoms with van der Waals surface area (Å²) < 4.78 is 16.4. The van der Waals surface area contributed by atoms with E-state index in [0.29, 0.717) is 24.6 Å². The SMILES string of the molecule is COc1cc2c(cc1OC)C(c1ccccc1)N1CCN(C(=O)CNC(=O)OC(C)(C)C)CC1C2. The molecule has 0 radical (unpaired) electrons. The molecule has 1 fully saturated rings. The molecule has 188 valence electrons. The Kier molecular flexibility index (Phi) is 7.21. The number of hydrogen-bond donors (Lipinski definition) is 1. The second kappa shape index (κ2) is 10.2. The van der Waals surface area contributed by atoms with E-state index >= 15 is 0 Å². The Labute approximate surface area is 207 Å². The van der Waals surface area contributed by atoms with Crippen molar-refractivity contribution in [3.05, 3.63) is 59.2 Å². The van der Waals surface area contributed by atoms with E-state index in [2.05, 4.69) is 46.6 Å². The minimum Gasteiger partial charge on any atom is -0.493 e. The fraction of sp³-hybridized carbons (Fsp3) is 0.481. The molecule has 4 rings (SSSR count). The van der Waals surface area contributed by atoms with E-state index in [4.69, 9.17) is 14.2 Å². The van der Waals surface area contributed by atoms with Crippen LogP contribution in [0.4, 0.5) is 4.79 Å². The van der Waals surface area contributed by atoms with Gasteiger partial charge in [-0.3, -0.25) is 9.69 Å². The van der Waals surface area contributed by atoms with E-state index in [1.54, 1.807) is 35.0 Å². The third kappa shape index (κ3) is 5.53. The van der Waals surface area contributed by atoms with Crippen LogP contribution in [-0.4, -0.2) is 73.8 Å². The molecule has 8 heteroatoms. The van der Waals surface area contributed by atoms with Gasteiger partial charge in [0.2, 0.25) is 5.91 Å². The van der Waals surface area contributed by atoms with Crippen LogP contribution < -0.4 is 14.8 Å². The van der Waals surface area contributed by atoms with Crippen molar-refractivity contribution in [1.82, 2.24) is 15.1 Å². The molecule has 35 heavy (non-hydrogen) atoms. The van der Waals surface area contributed by atoms with Crippen LogP contribution in [-0.2, 0) is 16.0 Å². The van der Waals surface area contributed by atoms with Gasteiger partial charge in [-0.15, -0.1) is 0 Å². The Balaban J connectivity index is 1.55. The third-order valence-electron chi connectivity index (χ3n) is 6.51. The molecule has 2 atom stereocenters. The Hall–Kier alpha value is -3.26. The highest BCUT2D eigenvalue weighted by molar-refractivity contribution is 5.82. The molecule has 0 aromatic heterocycles. The van der Waals surface area contributed by atoms with Gasteiger partial charge in [0.1, 0.15) is 12.1 Å². The van der Waals surface area contributed by atoms with E-state index in [0.717, 1.165) is 13.0 Å².